The van der Waals surface area contributed by atoms with Gasteiger partial charge in [-0.05, 0) is 70.4 Å². The SMILES string of the molecule is CCC(CC)(CNC(C)(C)C)Cc1cc(C)ccc1C. The van der Waals surface area contributed by atoms with Gasteiger partial charge in [-0.15, -0.1) is 0 Å². The first-order chi connectivity index (χ1) is 9.21. The maximum absolute atomic E-state index is 3.72. The Morgan fingerprint density at radius 2 is 1.60 bits per heavy atom. The highest BCUT2D eigenvalue weighted by Gasteiger charge is 2.28. The summed E-state index contributed by atoms with van der Waals surface area (Å²) < 4.78 is 0. The van der Waals surface area contributed by atoms with E-state index in [4.69, 9.17) is 0 Å². The van der Waals surface area contributed by atoms with Crippen LogP contribution in [0.15, 0.2) is 18.2 Å². The van der Waals surface area contributed by atoms with E-state index in [0.29, 0.717) is 5.41 Å². The standard InChI is InChI=1S/C19H33N/c1-8-19(9-2,14-20-18(5,6)7)13-17-12-15(3)10-11-16(17)4/h10-12,20H,8-9,13-14H2,1-7H3. The predicted molar refractivity (Wildman–Crippen MR) is 90.4 cm³/mol. The molecule has 1 nitrogen and oxygen atoms in total. The van der Waals surface area contributed by atoms with Crippen molar-refractivity contribution in [3.05, 3.63) is 34.9 Å². The summed E-state index contributed by atoms with van der Waals surface area (Å²) in [6.07, 6.45) is 3.62. The first-order valence-corrected chi connectivity index (χ1v) is 8.02. The molecule has 0 saturated heterocycles. The highest BCUT2D eigenvalue weighted by molar-refractivity contribution is 5.31. The van der Waals surface area contributed by atoms with E-state index in [1.807, 2.05) is 0 Å². The molecule has 0 saturated carbocycles. The minimum absolute atomic E-state index is 0.192. The second-order valence-corrected chi connectivity index (χ2v) is 7.42. The molecule has 1 N–H and O–H groups in total. The Morgan fingerprint density at radius 3 is 2.10 bits per heavy atom. The Balaban J connectivity index is 2.93. The van der Waals surface area contributed by atoms with Crippen LogP contribution < -0.4 is 5.32 Å². The zero-order valence-corrected chi connectivity index (χ0v) is 14.6. The fourth-order valence-corrected chi connectivity index (χ4v) is 2.66. The molecule has 0 unspecified atom stereocenters. The highest BCUT2D eigenvalue weighted by Crippen LogP contribution is 2.32. The smallest absolute Gasteiger partial charge is 0.00967 e. The van der Waals surface area contributed by atoms with Gasteiger partial charge in [-0.2, -0.15) is 0 Å². The van der Waals surface area contributed by atoms with Gasteiger partial charge in [0.15, 0.2) is 0 Å². The summed E-state index contributed by atoms with van der Waals surface area (Å²) in [4.78, 5) is 0. The van der Waals surface area contributed by atoms with Crippen LogP contribution in [0, 0.1) is 19.3 Å². The Morgan fingerprint density at radius 1 is 1.00 bits per heavy atom. The second kappa shape index (κ2) is 6.76. The van der Waals surface area contributed by atoms with Crippen molar-refractivity contribution < 1.29 is 0 Å². The molecular formula is C19H33N. The van der Waals surface area contributed by atoms with Crippen LogP contribution >= 0.6 is 0 Å². The molecular weight excluding hydrogens is 242 g/mol. The predicted octanol–water partition coefficient (Wildman–Crippen LogP) is 5.04. The summed E-state index contributed by atoms with van der Waals surface area (Å²) >= 11 is 0. The van der Waals surface area contributed by atoms with Crippen molar-refractivity contribution in [1.29, 1.82) is 0 Å². The summed E-state index contributed by atoms with van der Waals surface area (Å²) in [5.41, 5.74) is 4.88. The van der Waals surface area contributed by atoms with E-state index in [-0.39, 0.29) is 5.54 Å². The molecule has 1 aromatic carbocycles. The van der Waals surface area contributed by atoms with Crippen LogP contribution in [0.1, 0.15) is 64.2 Å². The lowest BCUT2D eigenvalue weighted by atomic mass is 9.75. The monoisotopic (exact) mass is 275 g/mol. The van der Waals surface area contributed by atoms with Gasteiger partial charge in [0.1, 0.15) is 0 Å². The van der Waals surface area contributed by atoms with Gasteiger partial charge in [-0.25, -0.2) is 0 Å². The quantitative estimate of drug-likeness (QED) is 0.767. The molecule has 0 aromatic heterocycles. The van der Waals surface area contributed by atoms with Crippen LogP contribution in [-0.4, -0.2) is 12.1 Å². The summed E-state index contributed by atoms with van der Waals surface area (Å²) in [6, 6.07) is 6.84. The van der Waals surface area contributed by atoms with E-state index >= 15 is 0 Å². The zero-order valence-electron chi connectivity index (χ0n) is 14.6. The number of hydrogen-bond donors (Lipinski definition) is 1. The lowest BCUT2D eigenvalue weighted by molar-refractivity contribution is 0.220. The van der Waals surface area contributed by atoms with Crippen LogP contribution in [0.2, 0.25) is 0 Å². The molecule has 0 aliphatic heterocycles. The molecule has 0 fully saturated rings. The van der Waals surface area contributed by atoms with E-state index < -0.39 is 0 Å². The van der Waals surface area contributed by atoms with Gasteiger partial charge in [0.25, 0.3) is 0 Å². The molecule has 0 radical (unpaired) electrons. The van der Waals surface area contributed by atoms with Crippen molar-refractivity contribution in [2.45, 2.75) is 73.3 Å². The summed E-state index contributed by atoms with van der Waals surface area (Å²) in [6.45, 7) is 16.9. The molecule has 0 heterocycles. The highest BCUT2D eigenvalue weighted by atomic mass is 15.0. The fraction of sp³-hybridized carbons (Fsp3) is 0.684. The number of benzene rings is 1. The Bertz CT molecular complexity index is 422. The van der Waals surface area contributed by atoms with Crippen molar-refractivity contribution in [3.63, 3.8) is 0 Å². The van der Waals surface area contributed by atoms with Crippen molar-refractivity contribution in [2.75, 3.05) is 6.54 Å². The maximum Gasteiger partial charge on any atom is 0.00967 e. The van der Waals surface area contributed by atoms with Crippen LogP contribution in [-0.2, 0) is 6.42 Å². The van der Waals surface area contributed by atoms with Gasteiger partial charge in [-0.1, -0.05) is 37.6 Å². The minimum Gasteiger partial charge on any atom is -0.312 e. The number of aryl methyl sites for hydroxylation is 2. The first kappa shape index (κ1) is 17.2. The molecule has 1 aromatic rings. The Labute approximate surface area is 126 Å². The molecule has 0 aliphatic carbocycles. The van der Waals surface area contributed by atoms with E-state index in [2.05, 4.69) is 72.0 Å². The fourth-order valence-electron chi connectivity index (χ4n) is 2.66. The normalized spacial score (nSPS) is 12.8. The topological polar surface area (TPSA) is 12.0 Å². The molecule has 114 valence electrons. The van der Waals surface area contributed by atoms with Gasteiger partial charge in [0, 0.05) is 12.1 Å². The van der Waals surface area contributed by atoms with Crippen LogP contribution in [0.5, 0.6) is 0 Å². The number of hydrogen-bond acceptors (Lipinski definition) is 1. The van der Waals surface area contributed by atoms with Crippen molar-refractivity contribution in [2.24, 2.45) is 5.41 Å². The van der Waals surface area contributed by atoms with Crippen molar-refractivity contribution >= 4 is 0 Å². The zero-order chi connectivity index (χ0) is 15.4. The van der Waals surface area contributed by atoms with E-state index in [9.17, 15) is 0 Å². The lowest BCUT2D eigenvalue weighted by Gasteiger charge is -2.36. The van der Waals surface area contributed by atoms with Gasteiger partial charge in [0.05, 0.1) is 0 Å². The molecule has 0 spiro atoms. The van der Waals surface area contributed by atoms with Crippen LogP contribution in [0.25, 0.3) is 0 Å². The maximum atomic E-state index is 3.72. The van der Waals surface area contributed by atoms with Gasteiger partial charge < -0.3 is 5.32 Å². The first-order valence-electron chi connectivity index (χ1n) is 8.02. The van der Waals surface area contributed by atoms with Gasteiger partial charge in [0.2, 0.25) is 0 Å². The van der Waals surface area contributed by atoms with E-state index in [1.165, 1.54) is 36.0 Å². The third kappa shape index (κ3) is 4.94. The van der Waals surface area contributed by atoms with Gasteiger partial charge >= 0.3 is 0 Å². The summed E-state index contributed by atoms with van der Waals surface area (Å²) in [7, 11) is 0. The summed E-state index contributed by atoms with van der Waals surface area (Å²) in [5.74, 6) is 0. The molecule has 0 aliphatic rings. The number of nitrogens with one attached hydrogen (secondary N) is 1. The Kier molecular flexibility index (Phi) is 5.82. The average molecular weight is 275 g/mol. The molecule has 0 atom stereocenters. The molecule has 20 heavy (non-hydrogen) atoms. The van der Waals surface area contributed by atoms with E-state index in [1.54, 1.807) is 0 Å². The average Bonchev–Trinajstić information content (AvgIpc) is 2.38. The van der Waals surface area contributed by atoms with Crippen molar-refractivity contribution in [1.82, 2.24) is 5.32 Å². The van der Waals surface area contributed by atoms with Crippen LogP contribution in [0.3, 0.4) is 0 Å². The third-order valence-electron chi connectivity index (χ3n) is 4.56. The van der Waals surface area contributed by atoms with Gasteiger partial charge in [-0.3, -0.25) is 0 Å². The molecule has 0 bridgehead atoms. The lowest BCUT2D eigenvalue weighted by Crippen LogP contribution is -2.44. The van der Waals surface area contributed by atoms with Crippen molar-refractivity contribution in [3.8, 4) is 0 Å². The largest absolute Gasteiger partial charge is 0.312 e. The van der Waals surface area contributed by atoms with Crippen LogP contribution in [0.4, 0.5) is 0 Å². The van der Waals surface area contributed by atoms with E-state index in [0.717, 1.165) is 6.54 Å². The minimum atomic E-state index is 0.192. The Hall–Kier alpha value is -0.820. The molecule has 0 amide bonds. The molecule has 1 heteroatoms. The molecule has 1 rings (SSSR count). The number of rotatable bonds is 6. The summed E-state index contributed by atoms with van der Waals surface area (Å²) in [5, 5.41) is 3.72. The third-order valence-corrected chi connectivity index (χ3v) is 4.56. The second-order valence-electron chi connectivity index (χ2n) is 7.42.